The van der Waals surface area contributed by atoms with E-state index in [-0.39, 0.29) is 22.8 Å². The van der Waals surface area contributed by atoms with Crippen molar-refractivity contribution in [2.24, 2.45) is 20.5 Å². The molecule has 0 amide bonds. The molecule has 0 heterocycles. The molecular formula is C26H20N4O3. The Hall–Kier alpha value is -4.65. The van der Waals surface area contributed by atoms with Crippen LogP contribution in [0.5, 0.6) is 11.5 Å². The topological polar surface area (TPSA) is 96.0 Å². The van der Waals surface area contributed by atoms with Crippen molar-refractivity contribution in [2.45, 2.75) is 6.92 Å². The summed E-state index contributed by atoms with van der Waals surface area (Å²) < 4.78 is 5.30. The molecule has 1 N–H and O–H groups in total. The average Bonchev–Trinajstić information content (AvgIpc) is 2.84. The number of rotatable bonds is 6. The number of aromatic hydroxyl groups is 1. The van der Waals surface area contributed by atoms with E-state index in [9.17, 15) is 9.90 Å². The number of carbonyl (C=O) groups is 1. The molecule has 33 heavy (non-hydrogen) atoms. The van der Waals surface area contributed by atoms with Gasteiger partial charge in [-0.3, -0.25) is 0 Å². The summed E-state index contributed by atoms with van der Waals surface area (Å²) >= 11 is 0. The maximum Gasteiger partial charge on any atom is 0.338 e. The van der Waals surface area contributed by atoms with Gasteiger partial charge in [-0.25, -0.2) is 4.79 Å². The number of fused-ring (bicyclic) bond motifs is 1. The van der Waals surface area contributed by atoms with Crippen molar-refractivity contribution >= 4 is 39.5 Å². The molecule has 0 aliphatic heterocycles. The molecule has 0 fully saturated rings. The number of ether oxygens (including phenoxy) is 1. The van der Waals surface area contributed by atoms with Crippen molar-refractivity contribution in [3.8, 4) is 11.5 Å². The molecule has 0 aromatic heterocycles. The molecule has 7 heteroatoms. The van der Waals surface area contributed by atoms with Gasteiger partial charge in [0, 0.05) is 11.0 Å². The molecule has 4 aromatic rings. The number of azo groups is 2. The van der Waals surface area contributed by atoms with Gasteiger partial charge in [-0.2, -0.15) is 5.11 Å². The quantitative estimate of drug-likeness (QED) is 0.144. The first-order chi connectivity index (χ1) is 16.0. The minimum Gasteiger partial charge on any atom is -0.503 e. The van der Waals surface area contributed by atoms with Gasteiger partial charge in [-0.05, 0) is 42.6 Å². The molecule has 0 saturated carbocycles. The third-order valence-electron chi connectivity index (χ3n) is 4.68. The highest BCUT2D eigenvalue weighted by atomic mass is 16.5. The van der Waals surface area contributed by atoms with Gasteiger partial charge in [-0.1, -0.05) is 61.2 Å². The van der Waals surface area contributed by atoms with Crippen molar-refractivity contribution in [2.75, 3.05) is 0 Å². The largest absolute Gasteiger partial charge is 0.503 e. The van der Waals surface area contributed by atoms with Gasteiger partial charge in [0.1, 0.15) is 17.1 Å². The van der Waals surface area contributed by atoms with Crippen LogP contribution in [0.15, 0.2) is 118 Å². The third kappa shape index (κ3) is 4.99. The SMILES string of the molecule is C=C(C)C(=O)Oc1cc2ccccc2c(N=Nc2ccccc2N=Nc2ccccc2)c1O. The Morgan fingerprint density at radius 3 is 2.12 bits per heavy atom. The lowest BCUT2D eigenvalue weighted by molar-refractivity contribution is -0.130. The molecule has 4 aromatic carbocycles. The summed E-state index contributed by atoms with van der Waals surface area (Å²) in [5.41, 5.74) is 2.07. The van der Waals surface area contributed by atoms with E-state index in [0.717, 1.165) is 5.39 Å². The number of nitrogens with zero attached hydrogens (tertiary/aromatic N) is 4. The molecular weight excluding hydrogens is 416 g/mol. The van der Waals surface area contributed by atoms with Crippen LogP contribution in [0.25, 0.3) is 10.8 Å². The maximum absolute atomic E-state index is 12.0. The van der Waals surface area contributed by atoms with Gasteiger partial charge in [0.05, 0.1) is 5.69 Å². The van der Waals surface area contributed by atoms with E-state index < -0.39 is 5.97 Å². The molecule has 162 valence electrons. The van der Waals surface area contributed by atoms with Crippen LogP contribution in [-0.2, 0) is 4.79 Å². The van der Waals surface area contributed by atoms with E-state index >= 15 is 0 Å². The fourth-order valence-electron chi connectivity index (χ4n) is 3.00. The predicted octanol–water partition coefficient (Wildman–Crippen LogP) is 7.86. The zero-order chi connectivity index (χ0) is 23.2. The molecule has 0 aliphatic rings. The Labute approximate surface area is 190 Å². The van der Waals surface area contributed by atoms with Crippen LogP contribution in [-0.4, -0.2) is 11.1 Å². The summed E-state index contributed by atoms with van der Waals surface area (Å²) in [6.07, 6.45) is 0. The Kier molecular flexibility index (Phi) is 6.31. The van der Waals surface area contributed by atoms with Gasteiger partial charge < -0.3 is 9.84 Å². The van der Waals surface area contributed by atoms with Crippen molar-refractivity contribution < 1.29 is 14.6 Å². The number of hydrogen-bond donors (Lipinski definition) is 1. The van der Waals surface area contributed by atoms with Gasteiger partial charge in [0.25, 0.3) is 0 Å². The monoisotopic (exact) mass is 436 g/mol. The molecule has 0 saturated heterocycles. The molecule has 0 atom stereocenters. The first kappa shape index (κ1) is 21.6. The van der Waals surface area contributed by atoms with Crippen LogP contribution in [0.4, 0.5) is 22.7 Å². The van der Waals surface area contributed by atoms with E-state index in [2.05, 4.69) is 27.0 Å². The summed E-state index contributed by atoms with van der Waals surface area (Å²) in [6.45, 7) is 5.10. The number of hydrogen-bond acceptors (Lipinski definition) is 7. The van der Waals surface area contributed by atoms with Crippen LogP contribution in [0.3, 0.4) is 0 Å². The van der Waals surface area contributed by atoms with Crippen molar-refractivity contribution in [3.05, 3.63) is 97.1 Å². The first-order valence-corrected chi connectivity index (χ1v) is 10.1. The third-order valence-corrected chi connectivity index (χ3v) is 4.68. The molecule has 4 rings (SSSR count). The average molecular weight is 436 g/mol. The number of esters is 1. The van der Waals surface area contributed by atoms with E-state index in [0.29, 0.717) is 22.4 Å². The lowest BCUT2D eigenvalue weighted by Crippen LogP contribution is -2.08. The Balaban J connectivity index is 1.74. The number of benzene rings is 4. The van der Waals surface area contributed by atoms with Gasteiger partial charge in [-0.15, -0.1) is 15.3 Å². The molecule has 0 unspecified atom stereocenters. The highest BCUT2D eigenvalue weighted by molar-refractivity contribution is 5.99. The molecule has 0 radical (unpaired) electrons. The lowest BCUT2D eigenvalue weighted by Gasteiger charge is -2.10. The Morgan fingerprint density at radius 2 is 1.42 bits per heavy atom. The van der Waals surface area contributed by atoms with Crippen molar-refractivity contribution in [1.82, 2.24) is 0 Å². The molecule has 7 nitrogen and oxygen atoms in total. The minimum atomic E-state index is -0.643. The second-order valence-electron chi connectivity index (χ2n) is 7.19. The van der Waals surface area contributed by atoms with E-state index in [1.165, 1.54) is 6.92 Å². The second kappa shape index (κ2) is 9.65. The fraction of sp³-hybridized carbons (Fsp3) is 0.0385. The summed E-state index contributed by atoms with van der Waals surface area (Å²) in [7, 11) is 0. The van der Waals surface area contributed by atoms with Crippen LogP contribution in [0.1, 0.15) is 6.92 Å². The normalized spacial score (nSPS) is 11.3. The fourth-order valence-corrected chi connectivity index (χ4v) is 3.00. The Morgan fingerprint density at radius 1 is 0.818 bits per heavy atom. The number of phenols is 1. The van der Waals surface area contributed by atoms with Crippen LogP contribution in [0, 0.1) is 0 Å². The van der Waals surface area contributed by atoms with E-state index in [1.807, 2.05) is 54.6 Å². The van der Waals surface area contributed by atoms with Gasteiger partial charge in [0.15, 0.2) is 11.5 Å². The number of phenolic OH excluding ortho intramolecular Hbond substituents is 1. The molecule has 0 spiro atoms. The van der Waals surface area contributed by atoms with Crippen molar-refractivity contribution in [1.29, 1.82) is 0 Å². The number of carbonyl (C=O) groups excluding carboxylic acids is 1. The zero-order valence-corrected chi connectivity index (χ0v) is 17.8. The van der Waals surface area contributed by atoms with Crippen LogP contribution in [0.2, 0.25) is 0 Å². The van der Waals surface area contributed by atoms with Crippen LogP contribution >= 0.6 is 0 Å². The van der Waals surface area contributed by atoms with Gasteiger partial charge >= 0.3 is 5.97 Å². The highest BCUT2D eigenvalue weighted by Crippen LogP contribution is 2.44. The summed E-state index contributed by atoms with van der Waals surface area (Å²) in [5, 5.41) is 29.3. The van der Waals surface area contributed by atoms with Gasteiger partial charge in [0.2, 0.25) is 0 Å². The van der Waals surface area contributed by atoms with Crippen molar-refractivity contribution in [3.63, 3.8) is 0 Å². The first-order valence-electron chi connectivity index (χ1n) is 10.1. The molecule has 0 bridgehead atoms. The van der Waals surface area contributed by atoms with E-state index in [4.69, 9.17) is 4.74 Å². The van der Waals surface area contributed by atoms with Crippen LogP contribution < -0.4 is 4.74 Å². The zero-order valence-electron chi connectivity index (χ0n) is 17.8. The maximum atomic E-state index is 12.0. The standard InChI is InChI=1S/C26H20N4O3/c1-17(2)26(32)33-23-16-18-10-6-7-13-20(18)24(25(23)31)30-29-22-15-9-8-14-21(22)28-27-19-11-4-3-5-12-19/h3-16,31H,1H2,2H3. The second-order valence-corrected chi connectivity index (χ2v) is 7.19. The van der Waals surface area contributed by atoms with E-state index in [1.54, 1.807) is 30.3 Å². The summed E-state index contributed by atoms with van der Waals surface area (Å²) in [4.78, 5) is 12.0. The summed E-state index contributed by atoms with van der Waals surface area (Å²) in [6, 6.07) is 25.3. The Bertz CT molecular complexity index is 1400. The minimum absolute atomic E-state index is 0.0206. The summed E-state index contributed by atoms with van der Waals surface area (Å²) in [5.74, 6) is -0.960. The smallest absolute Gasteiger partial charge is 0.338 e. The lowest BCUT2D eigenvalue weighted by atomic mass is 10.1. The molecule has 0 aliphatic carbocycles. The highest BCUT2D eigenvalue weighted by Gasteiger charge is 2.17. The predicted molar refractivity (Wildman–Crippen MR) is 127 cm³/mol.